The summed E-state index contributed by atoms with van der Waals surface area (Å²) in [6.07, 6.45) is 0.317. The summed E-state index contributed by atoms with van der Waals surface area (Å²) in [5, 5.41) is 0. The highest BCUT2D eigenvalue weighted by atomic mass is 16.5. The molecule has 1 aliphatic heterocycles. The summed E-state index contributed by atoms with van der Waals surface area (Å²) >= 11 is 0. The Morgan fingerprint density at radius 2 is 2.00 bits per heavy atom. The molecule has 16 heavy (non-hydrogen) atoms. The van der Waals surface area contributed by atoms with E-state index in [1.165, 1.54) is 24.2 Å². The standard InChI is InChI=1S/C14H19NO/c1-3-15-8-12-10-6-4-5-7-11(10)14(16-2)13(12)9-15/h4-7,12-14H,3,8-9H2,1-2H3. The lowest BCUT2D eigenvalue weighted by molar-refractivity contribution is 0.0606. The van der Waals surface area contributed by atoms with Crippen LogP contribution in [0.5, 0.6) is 0 Å². The molecule has 1 fully saturated rings. The van der Waals surface area contributed by atoms with Gasteiger partial charge in [0.1, 0.15) is 0 Å². The second-order valence-corrected chi connectivity index (χ2v) is 4.91. The lowest BCUT2D eigenvalue weighted by Crippen LogP contribution is -2.22. The van der Waals surface area contributed by atoms with Crippen molar-refractivity contribution in [3.8, 4) is 0 Å². The Labute approximate surface area is 97.2 Å². The Kier molecular flexibility index (Phi) is 2.49. The number of hydrogen-bond donors (Lipinski definition) is 0. The third-order valence-corrected chi connectivity index (χ3v) is 4.23. The number of hydrogen-bond acceptors (Lipinski definition) is 2. The molecule has 1 aromatic rings. The highest BCUT2D eigenvalue weighted by Gasteiger charge is 2.45. The van der Waals surface area contributed by atoms with Crippen molar-refractivity contribution in [3.63, 3.8) is 0 Å². The summed E-state index contributed by atoms with van der Waals surface area (Å²) in [4.78, 5) is 2.54. The minimum atomic E-state index is 0.317. The molecule has 0 radical (unpaired) electrons. The number of ether oxygens (including phenoxy) is 1. The van der Waals surface area contributed by atoms with Gasteiger partial charge >= 0.3 is 0 Å². The molecule has 0 amide bonds. The molecule has 3 atom stereocenters. The fraction of sp³-hybridized carbons (Fsp3) is 0.571. The Morgan fingerprint density at radius 3 is 2.69 bits per heavy atom. The maximum atomic E-state index is 5.72. The molecular weight excluding hydrogens is 198 g/mol. The Balaban J connectivity index is 1.98. The summed E-state index contributed by atoms with van der Waals surface area (Å²) in [6.45, 7) is 5.80. The van der Waals surface area contributed by atoms with Crippen molar-refractivity contribution in [3.05, 3.63) is 35.4 Å². The first-order valence-corrected chi connectivity index (χ1v) is 6.19. The smallest absolute Gasteiger partial charge is 0.0870 e. The maximum absolute atomic E-state index is 5.72. The van der Waals surface area contributed by atoms with Gasteiger partial charge in [-0.25, -0.2) is 0 Å². The van der Waals surface area contributed by atoms with E-state index < -0.39 is 0 Å². The molecule has 1 heterocycles. The molecule has 0 aromatic heterocycles. The molecule has 0 saturated carbocycles. The van der Waals surface area contributed by atoms with E-state index in [9.17, 15) is 0 Å². The lowest BCUT2D eigenvalue weighted by atomic mass is 9.96. The third-order valence-electron chi connectivity index (χ3n) is 4.23. The van der Waals surface area contributed by atoms with Gasteiger partial charge in [0.05, 0.1) is 6.10 Å². The fourth-order valence-electron chi connectivity index (χ4n) is 3.45. The number of nitrogens with zero attached hydrogens (tertiary/aromatic N) is 1. The van der Waals surface area contributed by atoms with Gasteiger partial charge in [-0.15, -0.1) is 0 Å². The van der Waals surface area contributed by atoms with E-state index in [4.69, 9.17) is 4.74 Å². The van der Waals surface area contributed by atoms with Crippen molar-refractivity contribution in [2.45, 2.75) is 18.9 Å². The van der Waals surface area contributed by atoms with Crippen LogP contribution in [-0.2, 0) is 4.74 Å². The van der Waals surface area contributed by atoms with E-state index in [2.05, 4.69) is 36.1 Å². The van der Waals surface area contributed by atoms with Crippen LogP contribution in [0.25, 0.3) is 0 Å². The van der Waals surface area contributed by atoms with Crippen LogP contribution < -0.4 is 0 Å². The summed E-state index contributed by atoms with van der Waals surface area (Å²) in [6, 6.07) is 8.80. The van der Waals surface area contributed by atoms with E-state index >= 15 is 0 Å². The molecule has 0 N–H and O–H groups in total. The van der Waals surface area contributed by atoms with Crippen LogP contribution in [0, 0.1) is 5.92 Å². The maximum Gasteiger partial charge on any atom is 0.0870 e. The average molecular weight is 217 g/mol. The molecule has 3 unspecified atom stereocenters. The van der Waals surface area contributed by atoms with Gasteiger partial charge in [-0.05, 0) is 17.7 Å². The number of likely N-dealkylation sites (tertiary alicyclic amines) is 1. The quantitative estimate of drug-likeness (QED) is 0.754. The van der Waals surface area contributed by atoms with Gasteiger partial charge in [0.2, 0.25) is 0 Å². The zero-order valence-corrected chi connectivity index (χ0v) is 10.0. The average Bonchev–Trinajstić information content (AvgIpc) is 2.85. The van der Waals surface area contributed by atoms with E-state index in [1.807, 2.05) is 7.11 Å². The molecule has 2 heteroatoms. The Morgan fingerprint density at radius 1 is 1.25 bits per heavy atom. The first kappa shape index (κ1) is 10.3. The number of fused-ring (bicyclic) bond motifs is 3. The molecule has 2 aliphatic rings. The molecule has 3 rings (SSSR count). The zero-order valence-electron chi connectivity index (χ0n) is 10.0. The number of rotatable bonds is 2. The van der Waals surface area contributed by atoms with Crippen LogP contribution in [0.4, 0.5) is 0 Å². The zero-order chi connectivity index (χ0) is 11.1. The topological polar surface area (TPSA) is 12.5 Å². The summed E-state index contributed by atoms with van der Waals surface area (Å²) in [5.74, 6) is 1.36. The van der Waals surface area contributed by atoms with Crippen LogP contribution in [0.1, 0.15) is 30.1 Å². The molecule has 1 aliphatic carbocycles. The van der Waals surface area contributed by atoms with E-state index in [0.717, 1.165) is 6.54 Å². The van der Waals surface area contributed by atoms with Crippen molar-refractivity contribution < 1.29 is 4.74 Å². The Hall–Kier alpha value is -0.860. The summed E-state index contributed by atoms with van der Waals surface area (Å²) in [7, 11) is 1.85. The van der Waals surface area contributed by atoms with Crippen molar-refractivity contribution in [2.24, 2.45) is 5.92 Å². The highest BCUT2D eigenvalue weighted by Crippen LogP contribution is 2.50. The van der Waals surface area contributed by atoms with Crippen LogP contribution in [0.15, 0.2) is 24.3 Å². The Bertz CT molecular complexity index is 390. The second kappa shape index (κ2) is 3.86. The minimum Gasteiger partial charge on any atom is -0.376 e. The molecule has 0 spiro atoms. The van der Waals surface area contributed by atoms with Gasteiger partial charge in [-0.2, -0.15) is 0 Å². The second-order valence-electron chi connectivity index (χ2n) is 4.91. The van der Waals surface area contributed by atoms with Crippen molar-refractivity contribution in [2.75, 3.05) is 26.7 Å². The van der Waals surface area contributed by atoms with Gasteiger partial charge in [0, 0.05) is 32.0 Å². The molecular formula is C14H19NO. The summed E-state index contributed by atoms with van der Waals surface area (Å²) in [5.41, 5.74) is 2.95. The number of likely N-dealkylation sites (N-methyl/N-ethyl adjacent to an activating group) is 1. The lowest BCUT2D eigenvalue weighted by Gasteiger charge is -2.19. The van der Waals surface area contributed by atoms with Crippen molar-refractivity contribution in [1.82, 2.24) is 4.90 Å². The SMILES string of the molecule is CCN1CC2c3ccccc3C(OC)C2C1. The first-order valence-electron chi connectivity index (χ1n) is 6.19. The predicted molar refractivity (Wildman–Crippen MR) is 64.5 cm³/mol. The van der Waals surface area contributed by atoms with Gasteiger partial charge in [-0.3, -0.25) is 0 Å². The van der Waals surface area contributed by atoms with Crippen molar-refractivity contribution in [1.29, 1.82) is 0 Å². The van der Waals surface area contributed by atoms with Crippen molar-refractivity contribution >= 4 is 0 Å². The largest absolute Gasteiger partial charge is 0.376 e. The van der Waals surface area contributed by atoms with Gasteiger partial charge in [0.25, 0.3) is 0 Å². The predicted octanol–water partition coefficient (Wildman–Crippen LogP) is 2.42. The fourth-order valence-corrected chi connectivity index (χ4v) is 3.45. The molecule has 0 bridgehead atoms. The normalized spacial score (nSPS) is 32.8. The number of benzene rings is 1. The summed E-state index contributed by atoms with van der Waals surface area (Å²) < 4.78 is 5.72. The van der Waals surface area contributed by atoms with E-state index in [-0.39, 0.29) is 0 Å². The highest BCUT2D eigenvalue weighted by molar-refractivity contribution is 5.40. The minimum absolute atomic E-state index is 0.317. The van der Waals surface area contributed by atoms with Crippen LogP contribution in [-0.4, -0.2) is 31.6 Å². The molecule has 1 aromatic carbocycles. The molecule has 86 valence electrons. The monoisotopic (exact) mass is 217 g/mol. The van der Waals surface area contributed by atoms with E-state index in [0.29, 0.717) is 17.9 Å². The van der Waals surface area contributed by atoms with E-state index in [1.54, 1.807) is 0 Å². The van der Waals surface area contributed by atoms with Gasteiger partial charge < -0.3 is 9.64 Å². The van der Waals surface area contributed by atoms with Gasteiger partial charge in [-0.1, -0.05) is 31.2 Å². The third kappa shape index (κ3) is 1.33. The van der Waals surface area contributed by atoms with Crippen LogP contribution >= 0.6 is 0 Å². The van der Waals surface area contributed by atoms with Gasteiger partial charge in [0.15, 0.2) is 0 Å². The first-order chi connectivity index (χ1) is 7.85. The number of methoxy groups -OCH3 is 1. The molecule has 1 saturated heterocycles. The van der Waals surface area contributed by atoms with Crippen LogP contribution in [0.2, 0.25) is 0 Å². The van der Waals surface area contributed by atoms with Crippen LogP contribution in [0.3, 0.4) is 0 Å². The molecule has 2 nitrogen and oxygen atoms in total.